The van der Waals surface area contributed by atoms with Gasteiger partial charge in [0.25, 0.3) is 0 Å². The predicted molar refractivity (Wildman–Crippen MR) is 85.8 cm³/mol. The first kappa shape index (κ1) is 13.3. The first-order chi connectivity index (χ1) is 10.3. The third-order valence-electron chi connectivity index (χ3n) is 4.50. The Morgan fingerprint density at radius 3 is 2.71 bits per heavy atom. The van der Waals surface area contributed by atoms with Gasteiger partial charge in [-0.3, -0.25) is 4.90 Å². The zero-order valence-corrected chi connectivity index (χ0v) is 12.7. The predicted octanol–water partition coefficient (Wildman–Crippen LogP) is 3.32. The van der Waals surface area contributed by atoms with Crippen molar-refractivity contribution in [2.45, 2.75) is 37.8 Å². The van der Waals surface area contributed by atoms with E-state index in [9.17, 15) is 0 Å². The van der Waals surface area contributed by atoms with E-state index in [0.717, 1.165) is 29.2 Å². The molecule has 0 bridgehead atoms. The second-order valence-electron chi connectivity index (χ2n) is 6.09. The molecule has 1 N–H and O–H groups in total. The normalized spacial score (nSPS) is 23.4. The zero-order chi connectivity index (χ0) is 14.2. The third kappa shape index (κ3) is 2.70. The van der Waals surface area contributed by atoms with E-state index in [1.807, 2.05) is 18.2 Å². The topological polar surface area (TPSA) is 41.1 Å². The minimum Gasteiger partial charge on any atom is -0.364 e. The summed E-state index contributed by atoms with van der Waals surface area (Å²) in [4.78, 5) is 2.62. The number of benzene rings is 1. The maximum absolute atomic E-state index is 6.14. The molecule has 1 aliphatic heterocycles. The third-order valence-corrected chi connectivity index (χ3v) is 4.78. The van der Waals surface area contributed by atoms with Gasteiger partial charge in [-0.15, -0.1) is 10.2 Å². The van der Waals surface area contributed by atoms with E-state index in [1.54, 1.807) is 0 Å². The van der Waals surface area contributed by atoms with Gasteiger partial charge in [-0.25, -0.2) is 0 Å². The van der Waals surface area contributed by atoms with Gasteiger partial charge in [0, 0.05) is 29.4 Å². The fourth-order valence-corrected chi connectivity index (χ4v) is 3.47. The first-order valence-electron chi connectivity index (χ1n) is 7.73. The number of halogens is 1. The smallest absolute Gasteiger partial charge is 0.159 e. The van der Waals surface area contributed by atoms with Crippen LogP contribution in [0.25, 0.3) is 10.8 Å². The molecule has 1 saturated carbocycles. The molecule has 2 fully saturated rings. The largest absolute Gasteiger partial charge is 0.364 e. The van der Waals surface area contributed by atoms with Gasteiger partial charge in [0.05, 0.1) is 0 Å². The van der Waals surface area contributed by atoms with E-state index in [2.05, 4.69) is 26.5 Å². The maximum Gasteiger partial charge on any atom is 0.159 e. The van der Waals surface area contributed by atoms with Crippen LogP contribution in [0.5, 0.6) is 0 Å². The van der Waals surface area contributed by atoms with Gasteiger partial charge in [0.15, 0.2) is 11.0 Å². The molecular formula is C16H19ClN4. The van der Waals surface area contributed by atoms with E-state index < -0.39 is 0 Å². The van der Waals surface area contributed by atoms with Crippen molar-refractivity contribution in [3.8, 4) is 0 Å². The van der Waals surface area contributed by atoms with E-state index in [1.165, 1.54) is 32.2 Å². The van der Waals surface area contributed by atoms with Gasteiger partial charge in [0.1, 0.15) is 0 Å². The van der Waals surface area contributed by atoms with Crippen LogP contribution in [0.4, 0.5) is 5.82 Å². The standard InChI is InChI=1S/C16H19ClN4/c17-15-13-5-1-2-6-14(13)16(20-19-15)18-11-4-3-9-21(10-11)12-7-8-12/h1-2,5-6,11-12H,3-4,7-10H2,(H,18,20). The number of likely N-dealkylation sites (tertiary alicyclic amines) is 1. The molecule has 0 radical (unpaired) electrons. The molecule has 5 heteroatoms. The molecule has 21 heavy (non-hydrogen) atoms. The molecule has 1 atom stereocenters. The zero-order valence-electron chi connectivity index (χ0n) is 11.9. The van der Waals surface area contributed by atoms with Gasteiger partial charge >= 0.3 is 0 Å². The number of nitrogens with zero attached hydrogens (tertiary/aromatic N) is 3. The van der Waals surface area contributed by atoms with Crippen molar-refractivity contribution < 1.29 is 0 Å². The van der Waals surface area contributed by atoms with Crippen molar-refractivity contribution in [2.24, 2.45) is 0 Å². The highest BCUT2D eigenvalue weighted by Gasteiger charge is 2.32. The molecule has 4 nitrogen and oxygen atoms in total. The summed E-state index contributed by atoms with van der Waals surface area (Å²) in [7, 11) is 0. The van der Waals surface area contributed by atoms with Crippen molar-refractivity contribution in [1.29, 1.82) is 0 Å². The molecule has 4 rings (SSSR count). The molecule has 1 aromatic heterocycles. The molecule has 1 aromatic carbocycles. The molecule has 1 aliphatic carbocycles. The Bertz CT molecular complexity index is 656. The van der Waals surface area contributed by atoms with Crippen LogP contribution >= 0.6 is 11.6 Å². The van der Waals surface area contributed by atoms with Gasteiger partial charge in [-0.2, -0.15) is 0 Å². The quantitative estimate of drug-likeness (QED) is 0.944. The highest BCUT2D eigenvalue weighted by atomic mass is 35.5. The van der Waals surface area contributed by atoms with Crippen LogP contribution < -0.4 is 5.32 Å². The molecule has 1 saturated heterocycles. The van der Waals surface area contributed by atoms with Crippen LogP contribution in [0.15, 0.2) is 24.3 Å². The summed E-state index contributed by atoms with van der Waals surface area (Å²) in [6.45, 7) is 2.36. The molecule has 110 valence electrons. The average molecular weight is 303 g/mol. The van der Waals surface area contributed by atoms with E-state index in [4.69, 9.17) is 11.6 Å². The second kappa shape index (κ2) is 5.43. The highest BCUT2D eigenvalue weighted by Crippen LogP contribution is 2.31. The van der Waals surface area contributed by atoms with Crippen molar-refractivity contribution >= 4 is 28.2 Å². The Balaban J connectivity index is 1.57. The lowest BCUT2D eigenvalue weighted by molar-refractivity contribution is 0.207. The van der Waals surface area contributed by atoms with Crippen molar-refractivity contribution in [3.63, 3.8) is 0 Å². The fourth-order valence-electron chi connectivity index (χ4n) is 3.27. The van der Waals surface area contributed by atoms with Crippen LogP contribution in [-0.2, 0) is 0 Å². The fraction of sp³-hybridized carbons (Fsp3) is 0.500. The summed E-state index contributed by atoms with van der Waals surface area (Å²) in [5, 5.41) is 14.4. The number of fused-ring (bicyclic) bond motifs is 1. The number of hydrogen-bond donors (Lipinski definition) is 1. The Labute approximate surface area is 129 Å². The van der Waals surface area contributed by atoms with E-state index in [0.29, 0.717) is 11.2 Å². The number of nitrogens with one attached hydrogen (secondary N) is 1. The van der Waals surface area contributed by atoms with Crippen molar-refractivity contribution in [3.05, 3.63) is 29.4 Å². The number of hydrogen-bond acceptors (Lipinski definition) is 4. The van der Waals surface area contributed by atoms with Gasteiger partial charge in [-0.1, -0.05) is 35.9 Å². The number of rotatable bonds is 3. The average Bonchev–Trinajstić information content (AvgIpc) is 3.36. The Kier molecular flexibility index (Phi) is 3.43. The number of aromatic nitrogens is 2. The summed E-state index contributed by atoms with van der Waals surface area (Å²) >= 11 is 6.14. The van der Waals surface area contributed by atoms with E-state index in [-0.39, 0.29) is 0 Å². The Morgan fingerprint density at radius 2 is 1.90 bits per heavy atom. The van der Waals surface area contributed by atoms with Crippen LogP contribution in [0.3, 0.4) is 0 Å². The van der Waals surface area contributed by atoms with Gasteiger partial charge < -0.3 is 5.32 Å². The monoisotopic (exact) mass is 302 g/mol. The summed E-state index contributed by atoms with van der Waals surface area (Å²) in [6.07, 6.45) is 5.20. The summed E-state index contributed by atoms with van der Waals surface area (Å²) in [5.41, 5.74) is 0. The lowest BCUT2D eigenvalue weighted by Crippen LogP contribution is -2.43. The summed E-state index contributed by atoms with van der Waals surface area (Å²) in [5.74, 6) is 0.859. The van der Waals surface area contributed by atoms with Crippen LogP contribution in [-0.4, -0.2) is 40.3 Å². The lowest BCUT2D eigenvalue weighted by atomic mass is 10.1. The Hall–Kier alpha value is -1.39. The van der Waals surface area contributed by atoms with Gasteiger partial charge in [0.2, 0.25) is 0 Å². The van der Waals surface area contributed by atoms with Crippen LogP contribution in [0.2, 0.25) is 5.15 Å². The van der Waals surface area contributed by atoms with Crippen LogP contribution in [0.1, 0.15) is 25.7 Å². The van der Waals surface area contributed by atoms with Crippen molar-refractivity contribution in [2.75, 3.05) is 18.4 Å². The summed E-state index contributed by atoms with van der Waals surface area (Å²) in [6, 6.07) is 9.34. The second-order valence-corrected chi connectivity index (χ2v) is 6.45. The molecule has 2 heterocycles. The lowest BCUT2D eigenvalue weighted by Gasteiger charge is -2.33. The minimum absolute atomic E-state index is 0.457. The molecule has 2 aromatic rings. The minimum atomic E-state index is 0.457. The van der Waals surface area contributed by atoms with Crippen LogP contribution in [0, 0.1) is 0 Å². The maximum atomic E-state index is 6.14. The van der Waals surface area contributed by atoms with Crippen molar-refractivity contribution in [1.82, 2.24) is 15.1 Å². The Morgan fingerprint density at radius 1 is 1.10 bits per heavy atom. The molecule has 2 aliphatic rings. The summed E-state index contributed by atoms with van der Waals surface area (Å²) < 4.78 is 0. The highest BCUT2D eigenvalue weighted by molar-refractivity contribution is 6.34. The molecular weight excluding hydrogens is 284 g/mol. The molecule has 0 spiro atoms. The molecule has 1 unspecified atom stereocenters. The number of anilines is 1. The molecule has 0 amide bonds. The number of piperidine rings is 1. The SMILES string of the molecule is Clc1nnc(NC2CCCN(C3CC3)C2)c2ccccc12. The van der Waals surface area contributed by atoms with Gasteiger partial charge in [-0.05, 0) is 32.2 Å². The van der Waals surface area contributed by atoms with E-state index >= 15 is 0 Å². The first-order valence-corrected chi connectivity index (χ1v) is 8.10.